The summed E-state index contributed by atoms with van der Waals surface area (Å²) in [4.78, 5) is 14.0. The van der Waals surface area contributed by atoms with Gasteiger partial charge in [-0.2, -0.15) is 0 Å². The SMILES string of the molecule is COc1ccc([C@H]2CN(Cc3ccccc3)C[C@@H]2NC(C)=O)cc1. The molecule has 0 spiro atoms. The van der Waals surface area contributed by atoms with Gasteiger partial charge in [0.25, 0.3) is 0 Å². The van der Waals surface area contributed by atoms with Gasteiger partial charge in [-0.3, -0.25) is 9.69 Å². The molecule has 0 bridgehead atoms. The van der Waals surface area contributed by atoms with Crippen LogP contribution in [0.2, 0.25) is 0 Å². The van der Waals surface area contributed by atoms with Crippen LogP contribution in [0.5, 0.6) is 5.75 Å². The van der Waals surface area contributed by atoms with Crippen LogP contribution in [0.25, 0.3) is 0 Å². The Morgan fingerprint density at radius 3 is 2.46 bits per heavy atom. The van der Waals surface area contributed by atoms with E-state index in [0.717, 1.165) is 25.4 Å². The molecule has 4 heteroatoms. The van der Waals surface area contributed by atoms with Crippen molar-refractivity contribution in [2.24, 2.45) is 0 Å². The van der Waals surface area contributed by atoms with Gasteiger partial charge in [-0.15, -0.1) is 0 Å². The zero-order valence-corrected chi connectivity index (χ0v) is 14.2. The van der Waals surface area contributed by atoms with Crippen molar-refractivity contribution in [3.05, 3.63) is 65.7 Å². The number of amides is 1. The average Bonchev–Trinajstić information content (AvgIpc) is 2.97. The van der Waals surface area contributed by atoms with Crippen LogP contribution in [0, 0.1) is 0 Å². The van der Waals surface area contributed by atoms with Crippen LogP contribution >= 0.6 is 0 Å². The van der Waals surface area contributed by atoms with Crippen molar-refractivity contribution < 1.29 is 9.53 Å². The summed E-state index contributed by atoms with van der Waals surface area (Å²) in [6, 6.07) is 18.8. The number of hydrogen-bond donors (Lipinski definition) is 1. The lowest BCUT2D eigenvalue weighted by atomic mass is 9.94. The van der Waals surface area contributed by atoms with Gasteiger partial charge >= 0.3 is 0 Å². The number of nitrogens with zero attached hydrogens (tertiary/aromatic N) is 1. The fourth-order valence-corrected chi connectivity index (χ4v) is 3.45. The van der Waals surface area contributed by atoms with Crippen molar-refractivity contribution in [1.82, 2.24) is 10.2 Å². The van der Waals surface area contributed by atoms with Gasteiger partial charge in [0.05, 0.1) is 7.11 Å². The van der Waals surface area contributed by atoms with Crippen molar-refractivity contribution in [3.63, 3.8) is 0 Å². The monoisotopic (exact) mass is 324 g/mol. The van der Waals surface area contributed by atoms with E-state index in [4.69, 9.17) is 4.74 Å². The Morgan fingerprint density at radius 1 is 1.12 bits per heavy atom. The molecule has 1 aliphatic heterocycles. The van der Waals surface area contributed by atoms with Gasteiger partial charge in [-0.25, -0.2) is 0 Å². The van der Waals surface area contributed by atoms with E-state index in [9.17, 15) is 4.79 Å². The number of nitrogens with one attached hydrogen (secondary N) is 1. The van der Waals surface area contributed by atoms with Crippen LogP contribution < -0.4 is 10.1 Å². The second-order valence-electron chi connectivity index (χ2n) is 6.37. The molecule has 1 amide bonds. The molecule has 1 fully saturated rings. The molecule has 0 aliphatic carbocycles. The highest BCUT2D eigenvalue weighted by atomic mass is 16.5. The topological polar surface area (TPSA) is 41.6 Å². The molecule has 0 unspecified atom stereocenters. The van der Waals surface area contributed by atoms with E-state index in [1.165, 1.54) is 11.1 Å². The second kappa shape index (κ2) is 7.49. The fourth-order valence-electron chi connectivity index (χ4n) is 3.45. The number of benzene rings is 2. The number of rotatable bonds is 5. The summed E-state index contributed by atoms with van der Waals surface area (Å²) in [6.45, 7) is 4.30. The minimum Gasteiger partial charge on any atom is -0.497 e. The first kappa shape index (κ1) is 16.5. The van der Waals surface area contributed by atoms with Crippen LogP contribution in [-0.2, 0) is 11.3 Å². The normalized spacial score (nSPS) is 20.8. The zero-order chi connectivity index (χ0) is 16.9. The molecular weight excluding hydrogens is 300 g/mol. The number of carbonyl (C=O) groups excluding carboxylic acids is 1. The molecule has 0 saturated carbocycles. The Hall–Kier alpha value is -2.33. The first-order chi connectivity index (χ1) is 11.7. The molecule has 1 aliphatic rings. The van der Waals surface area contributed by atoms with Gasteiger partial charge in [0.15, 0.2) is 0 Å². The van der Waals surface area contributed by atoms with E-state index >= 15 is 0 Å². The lowest BCUT2D eigenvalue weighted by Gasteiger charge is -2.19. The van der Waals surface area contributed by atoms with Crippen molar-refractivity contribution in [3.8, 4) is 5.75 Å². The van der Waals surface area contributed by atoms with Gasteiger partial charge in [-0.05, 0) is 23.3 Å². The maximum Gasteiger partial charge on any atom is 0.217 e. The summed E-state index contributed by atoms with van der Waals surface area (Å²) in [5.74, 6) is 1.18. The first-order valence-electron chi connectivity index (χ1n) is 8.33. The minimum absolute atomic E-state index is 0.0278. The minimum atomic E-state index is 0.0278. The summed E-state index contributed by atoms with van der Waals surface area (Å²) in [5, 5.41) is 3.12. The van der Waals surface area contributed by atoms with Gasteiger partial charge in [0.1, 0.15) is 5.75 Å². The molecule has 2 aromatic carbocycles. The number of hydrogen-bond acceptors (Lipinski definition) is 3. The summed E-state index contributed by atoms with van der Waals surface area (Å²) >= 11 is 0. The van der Waals surface area contributed by atoms with Gasteiger partial charge in [-0.1, -0.05) is 42.5 Å². The first-order valence-corrected chi connectivity index (χ1v) is 8.33. The van der Waals surface area contributed by atoms with Gasteiger partial charge in [0, 0.05) is 38.5 Å². The molecule has 4 nitrogen and oxygen atoms in total. The Bertz CT molecular complexity index is 670. The predicted octanol–water partition coefficient (Wildman–Crippen LogP) is 2.80. The van der Waals surface area contributed by atoms with Crippen molar-refractivity contribution in [2.75, 3.05) is 20.2 Å². The third-order valence-electron chi connectivity index (χ3n) is 4.58. The van der Waals surface area contributed by atoms with Crippen LogP contribution in [0.3, 0.4) is 0 Å². The third kappa shape index (κ3) is 3.95. The molecule has 0 radical (unpaired) electrons. The predicted molar refractivity (Wildman–Crippen MR) is 95.1 cm³/mol. The molecule has 126 valence electrons. The highest BCUT2D eigenvalue weighted by Gasteiger charge is 2.34. The number of carbonyl (C=O) groups is 1. The van der Waals surface area contributed by atoms with E-state index in [1.807, 2.05) is 18.2 Å². The number of likely N-dealkylation sites (tertiary alicyclic amines) is 1. The summed E-state index contributed by atoms with van der Waals surface area (Å²) in [5.41, 5.74) is 2.54. The molecular formula is C20H24N2O2. The van der Waals surface area contributed by atoms with Crippen LogP contribution in [0.4, 0.5) is 0 Å². The zero-order valence-electron chi connectivity index (χ0n) is 14.2. The summed E-state index contributed by atoms with van der Waals surface area (Å²) in [6.07, 6.45) is 0. The summed E-state index contributed by atoms with van der Waals surface area (Å²) < 4.78 is 5.24. The summed E-state index contributed by atoms with van der Waals surface area (Å²) in [7, 11) is 1.67. The van der Waals surface area contributed by atoms with Crippen LogP contribution in [0.1, 0.15) is 24.0 Å². The van der Waals surface area contributed by atoms with Crippen molar-refractivity contribution in [1.29, 1.82) is 0 Å². The highest BCUT2D eigenvalue weighted by Crippen LogP contribution is 2.30. The molecule has 1 saturated heterocycles. The highest BCUT2D eigenvalue weighted by molar-refractivity contribution is 5.73. The number of ether oxygens (including phenoxy) is 1. The molecule has 1 heterocycles. The van der Waals surface area contributed by atoms with Crippen LogP contribution in [-0.4, -0.2) is 37.0 Å². The largest absolute Gasteiger partial charge is 0.497 e. The maximum absolute atomic E-state index is 11.6. The Balaban J connectivity index is 1.75. The lowest BCUT2D eigenvalue weighted by Crippen LogP contribution is -2.38. The Kier molecular flexibility index (Phi) is 5.16. The molecule has 24 heavy (non-hydrogen) atoms. The molecule has 2 atom stereocenters. The maximum atomic E-state index is 11.6. The van der Waals surface area contributed by atoms with E-state index in [2.05, 4.69) is 46.6 Å². The Morgan fingerprint density at radius 2 is 1.83 bits per heavy atom. The van der Waals surface area contributed by atoms with E-state index < -0.39 is 0 Å². The number of methoxy groups -OCH3 is 1. The fraction of sp³-hybridized carbons (Fsp3) is 0.350. The molecule has 2 aromatic rings. The van der Waals surface area contributed by atoms with E-state index in [0.29, 0.717) is 5.92 Å². The Labute approximate surface area is 143 Å². The second-order valence-corrected chi connectivity index (χ2v) is 6.37. The van der Waals surface area contributed by atoms with E-state index in [-0.39, 0.29) is 11.9 Å². The smallest absolute Gasteiger partial charge is 0.217 e. The van der Waals surface area contributed by atoms with E-state index in [1.54, 1.807) is 14.0 Å². The molecule has 3 rings (SSSR count). The molecule has 0 aromatic heterocycles. The van der Waals surface area contributed by atoms with Gasteiger partial charge in [0.2, 0.25) is 5.91 Å². The lowest BCUT2D eigenvalue weighted by molar-refractivity contribution is -0.119. The molecule has 1 N–H and O–H groups in total. The third-order valence-corrected chi connectivity index (χ3v) is 4.58. The van der Waals surface area contributed by atoms with Crippen LogP contribution in [0.15, 0.2) is 54.6 Å². The average molecular weight is 324 g/mol. The quantitative estimate of drug-likeness (QED) is 0.919. The van der Waals surface area contributed by atoms with Crippen molar-refractivity contribution >= 4 is 5.91 Å². The van der Waals surface area contributed by atoms with Gasteiger partial charge < -0.3 is 10.1 Å². The standard InChI is InChI=1S/C20H24N2O2/c1-15(23)21-20-14-22(12-16-6-4-3-5-7-16)13-19(20)17-8-10-18(24-2)11-9-17/h3-11,19-20H,12-14H2,1-2H3,(H,21,23)/t19-,20+/m1/s1. The van der Waals surface area contributed by atoms with Crippen molar-refractivity contribution in [2.45, 2.75) is 25.4 Å².